The zero-order chi connectivity index (χ0) is 24.0. The molecule has 2 aromatic carbocycles. The summed E-state index contributed by atoms with van der Waals surface area (Å²) in [4.78, 5) is 14.8. The van der Waals surface area contributed by atoms with Crippen LogP contribution in [0.3, 0.4) is 0 Å². The smallest absolute Gasteiger partial charge is 0.257 e. The Hall–Kier alpha value is -3.34. The number of halogens is 1. The number of amides is 1. The summed E-state index contributed by atoms with van der Waals surface area (Å²) in [6.07, 6.45) is 1.72. The van der Waals surface area contributed by atoms with E-state index in [1.807, 2.05) is 0 Å². The van der Waals surface area contributed by atoms with E-state index in [0.717, 1.165) is 5.56 Å². The number of aromatic nitrogens is 4. The van der Waals surface area contributed by atoms with Gasteiger partial charge in [-0.1, -0.05) is 19.1 Å². The number of hydrogen-bond acceptors (Lipinski definition) is 7. The zero-order valence-corrected chi connectivity index (χ0v) is 19.5. The summed E-state index contributed by atoms with van der Waals surface area (Å²) < 4.78 is 44.4. The lowest BCUT2D eigenvalue weighted by Gasteiger charge is -2.25. The molecule has 33 heavy (non-hydrogen) atoms. The molecule has 3 rings (SSSR count). The molecule has 11 heteroatoms. The fourth-order valence-corrected chi connectivity index (χ4v) is 4.40. The van der Waals surface area contributed by atoms with Gasteiger partial charge in [-0.15, -0.1) is 5.10 Å². The van der Waals surface area contributed by atoms with E-state index in [2.05, 4.69) is 15.5 Å². The summed E-state index contributed by atoms with van der Waals surface area (Å²) in [5, 5.41) is 11.1. The lowest BCUT2D eigenvalue weighted by molar-refractivity contribution is 0.0782. The highest BCUT2D eigenvalue weighted by Crippen LogP contribution is 2.26. The van der Waals surface area contributed by atoms with Gasteiger partial charge in [-0.05, 0) is 52.7 Å². The fourth-order valence-electron chi connectivity index (χ4n) is 3.47. The van der Waals surface area contributed by atoms with Crippen molar-refractivity contribution in [2.24, 2.45) is 0 Å². The van der Waals surface area contributed by atoms with E-state index in [4.69, 9.17) is 4.74 Å². The van der Waals surface area contributed by atoms with Crippen molar-refractivity contribution in [2.45, 2.75) is 19.3 Å². The lowest BCUT2D eigenvalue weighted by Crippen LogP contribution is -2.32. The monoisotopic (exact) mass is 475 g/mol. The first-order valence-corrected chi connectivity index (χ1v) is 12.2. The van der Waals surface area contributed by atoms with Crippen LogP contribution in [0, 0.1) is 5.82 Å². The van der Waals surface area contributed by atoms with Crippen molar-refractivity contribution in [3.05, 3.63) is 65.7 Å². The number of carbonyl (C=O) groups is 1. The van der Waals surface area contributed by atoms with Crippen LogP contribution in [-0.2, 0) is 9.84 Å². The first kappa shape index (κ1) is 24.3. The molecule has 1 atom stereocenters. The standard InChI is InChI=1S/C22H26FN5O4S/c1-4-33(30,31)12-11-17(16-5-7-18(23)8-6-16)14-27(2)22(29)20-13-19(9-10-21(20)32-3)28-15-24-25-26-28/h5-10,13,15,17H,4,11-12,14H2,1-3H3. The number of hydrogen-bond donors (Lipinski definition) is 0. The van der Waals surface area contributed by atoms with E-state index in [0.29, 0.717) is 23.4 Å². The molecule has 0 saturated heterocycles. The molecule has 0 saturated carbocycles. The molecule has 0 aliphatic heterocycles. The summed E-state index contributed by atoms with van der Waals surface area (Å²) in [7, 11) is -0.0922. The van der Waals surface area contributed by atoms with E-state index in [-0.39, 0.29) is 35.7 Å². The van der Waals surface area contributed by atoms with Crippen molar-refractivity contribution >= 4 is 15.7 Å². The van der Waals surface area contributed by atoms with E-state index in [1.54, 1.807) is 44.3 Å². The molecule has 0 aliphatic carbocycles. The van der Waals surface area contributed by atoms with Crippen LogP contribution in [0.2, 0.25) is 0 Å². The Balaban J connectivity index is 1.86. The Morgan fingerprint density at radius 1 is 1.21 bits per heavy atom. The number of carbonyl (C=O) groups excluding carboxylic acids is 1. The van der Waals surface area contributed by atoms with Crippen LogP contribution in [0.15, 0.2) is 48.8 Å². The maximum absolute atomic E-state index is 13.4. The van der Waals surface area contributed by atoms with Crippen molar-refractivity contribution in [3.8, 4) is 11.4 Å². The minimum atomic E-state index is -3.20. The number of likely N-dealkylation sites (N-methyl/N-ethyl adjacent to an activating group) is 1. The Morgan fingerprint density at radius 2 is 1.94 bits per heavy atom. The third-order valence-electron chi connectivity index (χ3n) is 5.43. The van der Waals surface area contributed by atoms with Gasteiger partial charge in [0.15, 0.2) is 0 Å². The second kappa shape index (κ2) is 10.5. The number of nitrogens with zero attached hydrogens (tertiary/aromatic N) is 5. The summed E-state index contributed by atoms with van der Waals surface area (Å²) in [5.41, 5.74) is 1.66. The Morgan fingerprint density at radius 3 is 2.55 bits per heavy atom. The van der Waals surface area contributed by atoms with Crippen molar-refractivity contribution in [1.82, 2.24) is 25.1 Å². The van der Waals surface area contributed by atoms with E-state index in [9.17, 15) is 17.6 Å². The topological polar surface area (TPSA) is 107 Å². The molecule has 0 spiro atoms. The molecule has 1 amide bonds. The fraction of sp³-hybridized carbons (Fsp3) is 0.364. The SMILES string of the molecule is CCS(=O)(=O)CCC(CN(C)C(=O)c1cc(-n2cnnn2)ccc1OC)c1ccc(F)cc1. The second-order valence-corrected chi connectivity index (χ2v) is 10.1. The largest absolute Gasteiger partial charge is 0.496 e. The number of tetrazole rings is 1. The highest BCUT2D eigenvalue weighted by Gasteiger charge is 2.23. The van der Waals surface area contributed by atoms with Gasteiger partial charge >= 0.3 is 0 Å². The van der Waals surface area contributed by atoms with Crippen LogP contribution in [0.25, 0.3) is 5.69 Å². The van der Waals surface area contributed by atoms with Gasteiger partial charge in [-0.25, -0.2) is 17.5 Å². The van der Waals surface area contributed by atoms with Crippen LogP contribution >= 0.6 is 0 Å². The van der Waals surface area contributed by atoms with Gasteiger partial charge < -0.3 is 9.64 Å². The summed E-state index contributed by atoms with van der Waals surface area (Å²) >= 11 is 0. The van der Waals surface area contributed by atoms with Crippen LogP contribution in [0.4, 0.5) is 4.39 Å². The van der Waals surface area contributed by atoms with E-state index >= 15 is 0 Å². The predicted octanol–water partition coefficient (Wildman–Crippen LogP) is 2.49. The maximum Gasteiger partial charge on any atom is 0.257 e. The molecule has 1 unspecified atom stereocenters. The minimum Gasteiger partial charge on any atom is -0.496 e. The molecule has 0 radical (unpaired) electrons. The first-order valence-electron chi connectivity index (χ1n) is 10.4. The number of benzene rings is 2. The van der Waals surface area contributed by atoms with Gasteiger partial charge in [0.05, 0.1) is 24.1 Å². The maximum atomic E-state index is 13.4. The van der Waals surface area contributed by atoms with E-state index < -0.39 is 9.84 Å². The van der Waals surface area contributed by atoms with Crippen molar-refractivity contribution < 1.29 is 22.3 Å². The average molecular weight is 476 g/mol. The predicted molar refractivity (Wildman–Crippen MR) is 121 cm³/mol. The molecule has 1 aromatic heterocycles. The molecule has 0 N–H and O–H groups in total. The quantitative estimate of drug-likeness (QED) is 0.443. The van der Waals surface area contributed by atoms with Crippen molar-refractivity contribution in [1.29, 1.82) is 0 Å². The van der Waals surface area contributed by atoms with Crippen molar-refractivity contribution in [3.63, 3.8) is 0 Å². The van der Waals surface area contributed by atoms with Gasteiger partial charge in [0.25, 0.3) is 5.91 Å². The molecule has 176 valence electrons. The van der Waals surface area contributed by atoms with Crippen LogP contribution in [0.1, 0.15) is 35.2 Å². The molecular weight excluding hydrogens is 449 g/mol. The Bertz CT molecular complexity index is 1180. The van der Waals surface area contributed by atoms with Crippen LogP contribution in [-0.4, -0.2) is 71.6 Å². The summed E-state index contributed by atoms with van der Waals surface area (Å²) in [6, 6.07) is 10.9. The van der Waals surface area contributed by atoms with Gasteiger partial charge in [0.2, 0.25) is 0 Å². The molecule has 0 fully saturated rings. The molecule has 1 heterocycles. The molecular formula is C22H26FN5O4S. The van der Waals surface area contributed by atoms with Gasteiger partial charge in [0, 0.05) is 25.3 Å². The third kappa shape index (κ3) is 6.13. The number of ether oxygens (including phenoxy) is 1. The normalized spacial score (nSPS) is 12.4. The molecule has 3 aromatic rings. The Labute approximate surface area is 192 Å². The number of rotatable bonds is 10. The first-order chi connectivity index (χ1) is 15.7. The number of methoxy groups -OCH3 is 1. The summed E-state index contributed by atoms with van der Waals surface area (Å²) in [6.45, 7) is 1.84. The minimum absolute atomic E-state index is 0.0221. The van der Waals surface area contributed by atoms with Crippen LogP contribution in [0.5, 0.6) is 5.75 Å². The van der Waals surface area contributed by atoms with Gasteiger partial charge in [-0.2, -0.15) is 0 Å². The Kier molecular flexibility index (Phi) is 7.75. The molecule has 9 nitrogen and oxygen atoms in total. The zero-order valence-electron chi connectivity index (χ0n) is 18.7. The third-order valence-corrected chi connectivity index (χ3v) is 7.16. The van der Waals surface area contributed by atoms with Crippen molar-refractivity contribution in [2.75, 3.05) is 32.2 Å². The average Bonchev–Trinajstić information content (AvgIpc) is 3.36. The molecule has 0 bridgehead atoms. The van der Waals surface area contributed by atoms with Crippen LogP contribution < -0.4 is 4.74 Å². The second-order valence-electron chi connectivity index (χ2n) is 7.60. The van der Waals surface area contributed by atoms with Gasteiger partial charge in [-0.3, -0.25) is 4.79 Å². The highest BCUT2D eigenvalue weighted by atomic mass is 32.2. The molecule has 0 aliphatic rings. The van der Waals surface area contributed by atoms with Gasteiger partial charge in [0.1, 0.15) is 27.7 Å². The number of sulfone groups is 1. The lowest BCUT2D eigenvalue weighted by atomic mass is 9.95. The summed E-state index contributed by atoms with van der Waals surface area (Å²) in [5.74, 6) is -0.588. The highest BCUT2D eigenvalue weighted by molar-refractivity contribution is 7.91. The van der Waals surface area contributed by atoms with E-state index in [1.165, 1.54) is 35.2 Å².